The van der Waals surface area contributed by atoms with Crippen LogP contribution in [-0.2, 0) is 7.05 Å². The fraction of sp³-hybridized carbons (Fsp3) is 0.143. The first-order valence-electron chi connectivity index (χ1n) is 3.40. The molecule has 2 aromatic heterocycles. The number of rotatable bonds is 1. The Kier molecular flexibility index (Phi) is 1.41. The third kappa shape index (κ3) is 0.902. The molecule has 1 amide bonds. The molecule has 5 heteroatoms. The fourth-order valence-electron chi connectivity index (χ4n) is 1.06. The molecule has 0 radical (unpaired) electrons. The SMILES string of the molecule is Cn1ncc2cc(C(N)=O)sc21. The number of nitrogens with zero attached hydrogens (tertiary/aromatic N) is 2. The summed E-state index contributed by atoms with van der Waals surface area (Å²) in [7, 11) is 1.84. The van der Waals surface area contributed by atoms with Crippen molar-refractivity contribution in [2.45, 2.75) is 0 Å². The van der Waals surface area contributed by atoms with Gasteiger partial charge in [-0.2, -0.15) is 5.10 Å². The maximum atomic E-state index is 10.8. The van der Waals surface area contributed by atoms with Gasteiger partial charge in [0.25, 0.3) is 5.91 Å². The van der Waals surface area contributed by atoms with E-state index in [1.54, 1.807) is 16.9 Å². The lowest BCUT2D eigenvalue weighted by Crippen LogP contribution is -2.08. The highest BCUT2D eigenvalue weighted by atomic mass is 32.1. The number of thiophene rings is 1. The van der Waals surface area contributed by atoms with E-state index in [2.05, 4.69) is 5.10 Å². The number of fused-ring (bicyclic) bond motifs is 1. The maximum Gasteiger partial charge on any atom is 0.258 e. The molecule has 0 aliphatic rings. The van der Waals surface area contributed by atoms with Crippen LogP contribution in [0, 0.1) is 0 Å². The van der Waals surface area contributed by atoms with Crippen molar-refractivity contribution >= 4 is 27.5 Å². The van der Waals surface area contributed by atoms with E-state index in [4.69, 9.17) is 5.73 Å². The molecule has 2 rings (SSSR count). The molecule has 0 unspecified atom stereocenters. The Morgan fingerprint density at radius 3 is 3.08 bits per heavy atom. The maximum absolute atomic E-state index is 10.8. The quantitative estimate of drug-likeness (QED) is 0.705. The highest BCUT2D eigenvalue weighted by molar-refractivity contribution is 7.20. The largest absolute Gasteiger partial charge is 0.365 e. The number of carbonyl (C=O) groups is 1. The summed E-state index contributed by atoms with van der Waals surface area (Å²) in [5.41, 5.74) is 5.13. The van der Waals surface area contributed by atoms with Gasteiger partial charge in [-0.3, -0.25) is 9.48 Å². The highest BCUT2D eigenvalue weighted by Crippen LogP contribution is 2.23. The van der Waals surface area contributed by atoms with Crippen molar-refractivity contribution in [2.24, 2.45) is 12.8 Å². The minimum absolute atomic E-state index is 0.379. The second-order valence-electron chi connectivity index (χ2n) is 2.50. The van der Waals surface area contributed by atoms with Crippen LogP contribution < -0.4 is 5.73 Å². The molecule has 12 heavy (non-hydrogen) atoms. The lowest BCUT2D eigenvalue weighted by molar-refractivity contribution is 0.100. The van der Waals surface area contributed by atoms with Crippen LogP contribution in [0.3, 0.4) is 0 Å². The predicted molar refractivity (Wildman–Crippen MR) is 47.1 cm³/mol. The average Bonchev–Trinajstić information content (AvgIpc) is 2.53. The van der Waals surface area contributed by atoms with E-state index in [-0.39, 0.29) is 5.91 Å². The molecule has 0 fully saturated rings. The van der Waals surface area contributed by atoms with Crippen molar-refractivity contribution in [3.05, 3.63) is 17.1 Å². The van der Waals surface area contributed by atoms with Gasteiger partial charge < -0.3 is 5.73 Å². The summed E-state index contributed by atoms with van der Waals surface area (Å²) < 4.78 is 1.73. The summed E-state index contributed by atoms with van der Waals surface area (Å²) in [6.07, 6.45) is 1.72. The van der Waals surface area contributed by atoms with Crippen molar-refractivity contribution in [2.75, 3.05) is 0 Å². The molecular weight excluding hydrogens is 174 g/mol. The third-order valence-electron chi connectivity index (χ3n) is 1.65. The van der Waals surface area contributed by atoms with Gasteiger partial charge >= 0.3 is 0 Å². The second-order valence-corrected chi connectivity index (χ2v) is 3.53. The van der Waals surface area contributed by atoms with Crippen LogP contribution in [0.25, 0.3) is 10.2 Å². The van der Waals surface area contributed by atoms with Crippen molar-refractivity contribution in [3.8, 4) is 0 Å². The second kappa shape index (κ2) is 2.31. The third-order valence-corrected chi connectivity index (χ3v) is 2.88. The Bertz CT molecular complexity index is 442. The van der Waals surface area contributed by atoms with E-state index in [1.807, 2.05) is 7.05 Å². The molecule has 0 atom stereocenters. The van der Waals surface area contributed by atoms with Gasteiger partial charge in [-0.25, -0.2) is 0 Å². The van der Waals surface area contributed by atoms with Gasteiger partial charge in [-0.15, -0.1) is 11.3 Å². The van der Waals surface area contributed by atoms with Crippen LogP contribution >= 0.6 is 11.3 Å². The molecule has 0 bridgehead atoms. The number of amides is 1. The fourth-order valence-corrected chi connectivity index (χ4v) is 1.97. The molecule has 0 saturated carbocycles. The minimum atomic E-state index is -0.379. The zero-order chi connectivity index (χ0) is 8.72. The highest BCUT2D eigenvalue weighted by Gasteiger charge is 2.08. The molecule has 0 saturated heterocycles. The molecule has 2 N–H and O–H groups in total. The minimum Gasteiger partial charge on any atom is -0.365 e. The van der Waals surface area contributed by atoms with Crippen molar-refractivity contribution in [1.82, 2.24) is 9.78 Å². The van der Waals surface area contributed by atoms with Crippen molar-refractivity contribution < 1.29 is 4.79 Å². The molecule has 2 aromatic rings. The van der Waals surface area contributed by atoms with Gasteiger partial charge in [-0.05, 0) is 6.07 Å². The first kappa shape index (κ1) is 7.30. The van der Waals surface area contributed by atoms with Gasteiger partial charge in [0.15, 0.2) is 0 Å². The lowest BCUT2D eigenvalue weighted by atomic mass is 10.4. The van der Waals surface area contributed by atoms with Gasteiger partial charge in [0, 0.05) is 12.4 Å². The summed E-state index contributed by atoms with van der Waals surface area (Å²) >= 11 is 1.36. The Labute approximate surface area is 72.6 Å². The summed E-state index contributed by atoms with van der Waals surface area (Å²) in [6.45, 7) is 0. The first-order valence-corrected chi connectivity index (χ1v) is 4.21. The summed E-state index contributed by atoms with van der Waals surface area (Å²) in [5, 5.41) is 5.00. The first-order chi connectivity index (χ1) is 5.68. The molecule has 0 aromatic carbocycles. The van der Waals surface area contributed by atoms with Crippen molar-refractivity contribution in [1.29, 1.82) is 0 Å². The van der Waals surface area contributed by atoms with Gasteiger partial charge in [0.2, 0.25) is 0 Å². The Morgan fingerprint density at radius 1 is 1.75 bits per heavy atom. The zero-order valence-corrected chi connectivity index (χ0v) is 7.26. The number of primary amides is 1. The number of hydrogen-bond acceptors (Lipinski definition) is 3. The van der Waals surface area contributed by atoms with E-state index < -0.39 is 0 Å². The van der Waals surface area contributed by atoms with E-state index in [0.29, 0.717) is 4.88 Å². The van der Waals surface area contributed by atoms with Gasteiger partial charge in [0.1, 0.15) is 4.83 Å². The number of hydrogen-bond donors (Lipinski definition) is 1. The normalized spacial score (nSPS) is 10.8. The van der Waals surface area contributed by atoms with E-state index >= 15 is 0 Å². The number of aryl methyl sites for hydroxylation is 1. The Balaban J connectivity index is 2.70. The Morgan fingerprint density at radius 2 is 2.50 bits per heavy atom. The summed E-state index contributed by atoms with van der Waals surface area (Å²) in [6, 6.07) is 1.76. The molecule has 4 nitrogen and oxygen atoms in total. The molecular formula is C7H7N3OS. The predicted octanol–water partition coefficient (Wildman–Crippen LogP) is 0.734. The van der Waals surface area contributed by atoms with E-state index in [9.17, 15) is 4.79 Å². The zero-order valence-electron chi connectivity index (χ0n) is 6.44. The number of carbonyl (C=O) groups excluding carboxylic acids is 1. The van der Waals surface area contributed by atoms with E-state index in [0.717, 1.165) is 10.2 Å². The summed E-state index contributed by atoms with van der Waals surface area (Å²) in [5.74, 6) is -0.379. The molecule has 62 valence electrons. The molecule has 0 aliphatic carbocycles. The van der Waals surface area contributed by atoms with Crippen LogP contribution in [0.4, 0.5) is 0 Å². The Hall–Kier alpha value is -1.36. The average molecular weight is 181 g/mol. The van der Waals surface area contributed by atoms with E-state index in [1.165, 1.54) is 11.3 Å². The summed E-state index contributed by atoms with van der Waals surface area (Å²) in [4.78, 5) is 12.3. The lowest BCUT2D eigenvalue weighted by Gasteiger charge is -1.86. The number of aromatic nitrogens is 2. The topological polar surface area (TPSA) is 60.9 Å². The van der Waals surface area contributed by atoms with Crippen LogP contribution in [0.5, 0.6) is 0 Å². The van der Waals surface area contributed by atoms with Gasteiger partial charge in [-0.1, -0.05) is 0 Å². The molecule has 0 spiro atoms. The standard InChI is InChI=1S/C7H7N3OS/c1-10-7-4(3-9-10)2-5(12-7)6(8)11/h2-3H,1H3,(H2,8,11). The van der Waals surface area contributed by atoms with Crippen LogP contribution in [0.1, 0.15) is 9.67 Å². The number of nitrogens with two attached hydrogens (primary N) is 1. The molecule has 2 heterocycles. The van der Waals surface area contributed by atoms with Gasteiger partial charge in [0.05, 0.1) is 11.1 Å². The van der Waals surface area contributed by atoms with Crippen LogP contribution in [0.2, 0.25) is 0 Å². The van der Waals surface area contributed by atoms with Crippen LogP contribution in [-0.4, -0.2) is 15.7 Å². The van der Waals surface area contributed by atoms with Crippen LogP contribution in [0.15, 0.2) is 12.3 Å². The van der Waals surface area contributed by atoms with Crippen molar-refractivity contribution in [3.63, 3.8) is 0 Å². The smallest absolute Gasteiger partial charge is 0.258 e. The molecule has 0 aliphatic heterocycles. The monoisotopic (exact) mass is 181 g/mol.